The maximum absolute atomic E-state index is 9.60. The van der Waals surface area contributed by atoms with Gasteiger partial charge in [0.05, 0.1) is 29.3 Å². The number of fused-ring (bicyclic) bond motifs is 7. The smallest absolute Gasteiger partial charge is 0.252 e. The van der Waals surface area contributed by atoms with Gasteiger partial charge in [0.15, 0.2) is 0 Å². The molecule has 0 amide bonds. The topological polar surface area (TPSA) is 11.4 Å². The van der Waals surface area contributed by atoms with Gasteiger partial charge in [0, 0.05) is 55.9 Å². The van der Waals surface area contributed by atoms with Crippen LogP contribution in [0.1, 0.15) is 139 Å². The van der Waals surface area contributed by atoms with Crippen molar-refractivity contribution in [2.45, 2.75) is 131 Å². The van der Waals surface area contributed by atoms with Crippen molar-refractivity contribution in [1.29, 1.82) is 0 Å². The summed E-state index contributed by atoms with van der Waals surface area (Å²) in [5, 5.41) is 2.26. The van der Waals surface area contributed by atoms with Gasteiger partial charge in [-0.05, 0) is 171 Å². The number of aromatic nitrogens is 1. The summed E-state index contributed by atoms with van der Waals surface area (Å²) >= 11 is 0. The van der Waals surface area contributed by atoms with Crippen LogP contribution in [0.15, 0.2) is 261 Å². The van der Waals surface area contributed by atoms with Crippen LogP contribution in [0.25, 0.3) is 83.1 Å². The molecule has 0 bridgehead atoms. The van der Waals surface area contributed by atoms with Gasteiger partial charge in [-0.3, -0.25) is 0 Å². The Morgan fingerprint density at radius 1 is 0.302 bits per heavy atom. The molecule has 0 unspecified atom stereocenters. The van der Waals surface area contributed by atoms with E-state index >= 15 is 0 Å². The number of hydrogen-bond acceptors (Lipinski definition) is 2. The van der Waals surface area contributed by atoms with E-state index in [-0.39, 0.29) is 51.4 Å². The van der Waals surface area contributed by atoms with Gasteiger partial charge < -0.3 is 14.4 Å². The van der Waals surface area contributed by atoms with Crippen molar-refractivity contribution in [2.75, 3.05) is 9.80 Å². The zero-order valence-corrected chi connectivity index (χ0v) is 58.4. The zero-order chi connectivity index (χ0) is 71.3. The third-order valence-corrected chi connectivity index (χ3v) is 20.2. The van der Waals surface area contributed by atoms with Gasteiger partial charge >= 0.3 is 0 Å². The highest BCUT2D eigenvalue weighted by Crippen LogP contribution is 2.56. The van der Waals surface area contributed by atoms with Crippen molar-refractivity contribution in [2.24, 2.45) is 0 Å². The molecule has 15 rings (SSSR count). The van der Waals surface area contributed by atoms with E-state index in [4.69, 9.17) is 4.11 Å². The second kappa shape index (κ2) is 22.9. The molecule has 0 N–H and O–H groups in total. The van der Waals surface area contributed by atoms with E-state index in [0.717, 1.165) is 128 Å². The van der Waals surface area contributed by atoms with E-state index in [1.54, 1.807) is 0 Å². The molecule has 0 saturated carbocycles. The molecule has 2 aliphatic rings. The summed E-state index contributed by atoms with van der Waals surface area (Å²) in [4.78, 5) is 5.18. The van der Waals surface area contributed by atoms with Crippen LogP contribution in [0.4, 0.5) is 34.1 Å². The first-order chi connectivity index (χ1) is 47.9. The minimum absolute atomic E-state index is 0.145. The molecule has 96 heavy (non-hydrogen) atoms. The Morgan fingerprint density at radius 2 is 0.760 bits per heavy atom. The van der Waals surface area contributed by atoms with Crippen molar-refractivity contribution < 1.29 is 6.85 Å². The summed E-state index contributed by atoms with van der Waals surface area (Å²) in [7, 11) is 0. The summed E-state index contributed by atoms with van der Waals surface area (Å²) in [6.07, 6.45) is 0. The van der Waals surface area contributed by atoms with E-state index in [9.17, 15) is 2.74 Å². The van der Waals surface area contributed by atoms with Crippen LogP contribution in [0.2, 0.25) is 0 Å². The average molecular weight is 1250 g/mol. The zero-order valence-electron chi connectivity index (χ0n) is 63.4. The molecule has 0 radical (unpaired) electrons. The first-order valence-corrected chi connectivity index (χ1v) is 34.2. The van der Waals surface area contributed by atoms with E-state index in [1.165, 1.54) is 22.3 Å². The number of benzene rings is 12. The standard InChI is InChI=1S/C92H88BN3/c1-88(2,3)66-38-30-37-64(49-66)72-45-48-79-84(73-41-28-29-42-78(73)94(79)71-39-26-19-27-40-71)87(72)96-81-53-63(65-50-67(89(4,5)6)54-68(51-65)90(7,8)9)44-47-77(81)93-76-46-43-62(59-31-20-16-21-32-59)52-80(76)95(82-57-70(92(13,14)15)58-83(96)85(82)93)86-74(60-33-22-17-23-34-60)55-69(91(10,11)12)56-75(86)61-35-24-18-25-36-61/h16-58H,1-15H3/i16D,20D,21D,31D,32D. The summed E-state index contributed by atoms with van der Waals surface area (Å²) in [6, 6.07) is 84.2. The normalized spacial score (nSPS) is 14.0. The van der Waals surface area contributed by atoms with Crippen LogP contribution in [0.3, 0.4) is 0 Å². The first-order valence-electron chi connectivity index (χ1n) is 36.7. The lowest BCUT2D eigenvalue weighted by Crippen LogP contribution is -2.61. The maximum atomic E-state index is 9.60. The Morgan fingerprint density at radius 3 is 1.30 bits per heavy atom. The van der Waals surface area contributed by atoms with Crippen LogP contribution in [-0.4, -0.2) is 11.3 Å². The predicted octanol–water partition coefficient (Wildman–Crippen LogP) is 23.7. The lowest BCUT2D eigenvalue weighted by atomic mass is 9.33. The third-order valence-electron chi connectivity index (χ3n) is 20.2. The van der Waals surface area contributed by atoms with Crippen LogP contribution >= 0.6 is 0 Å². The molecule has 0 aliphatic carbocycles. The van der Waals surface area contributed by atoms with Crippen molar-refractivity contribution >= 4 is 79.0 Å². The Balaban J connectivity index is 1.17. The Labute approximate surface area is 577 Å². The molecule has 474 valence electrons. The first kappa shape index (κ1) is 56.5. The van der Waals surface area contributed by atoms with E-state index in [0.29, 0.717) is 5.56 Å². The van der Waals surface area contributed by atoms with Crippen molar-refractivity contribution in [3.8, 4) is 61.3 Å². The molecule has 0 saturated heterocycles. The van der Waals surface area contributed by atoms with Crippen molar-refractivity contribution in [1.82, 2.24) is 4.57 Å². The van der Waals surface area contributed by atoms with Gasteiger partial charge in [-0.25, -0.2) is 0 Å². The van der Waals surface area contributed by atoms with Crippen LogP contribution in [0.5, 0.6) is 0 Å². The largest absolute Gasteiger partial charge is 0.310 e. The Bertz CT molecular complexity index is 5380. The molecule has 12 aromatic carbocycles. The Kier molecular flexibility index (Phi) is 13.5. The monoisotopic (exact) mass is 1250 g/mol. The van der Waals surface area contributed by atoms with Gasteiger partial charge in [0.25, 0.3) is 6.71 Å². The van der Waals surface area contributed by atoms with Crippen molar-refractivity contribution in [3.63, 3.8) is 0 Å². The molecule has 3 nitrogen and oxygen atoms in total. The third kappa shape index (κ3) is 10.8. The molecule has 3 heterocycles. The van der Waals surface area contributed by atoms with Gasteiger partial charge in [-0.2, -0.15) is 0 Å². The van der Waals surface area contributed by atoms with Gasteiger partial charge in [0.1, 0.15) is 0 Å². The molecule has 2 aliphatic heterocycles. The number of nitrogens with zero attached hydrogens (tertiary/aromatic N) is 3. The molecule has 13 aromatic rings. The fraction of sp³-hybridized carbons (Fsp3) is 0.217. The second-order valence-corrected chi connectivity index (χ2v) is 31.9. The number of para-hydroxylation sites is 2. The second-order valence-electron chi connectivity index (χ2n) is 31.9. The SMILES string of the molecule is [2H]c1c([2H])c([2H])c(-c2ccc3c(c2)N(c2c(-c4ccccc4)cc(C(C)(C)C)cc2-c2ccccc2)c2cc(C(C)(C)C)cc4c2B3c2ccc(-c3cc(C(C)(C)C)cc(C(C)(C)C)c3)cc2N4c2c(-c3cccc(C(C)(C)C)c3)ccc3c2c2ccccc2n3-c2ccccc2)c([2H])c1[2H]. The quantitative estimate of drug-likeness (QED) is 0.141. The van der Waals surface area contributed by atoms with Gasteiger partial charge in [-0.1, -0.05) is 304 Å². The highest BCUT2D eigenvalue weighted by molar-refractivity contribution is 7.00. The van der Waals surface area contributed by atoms with Gasteiger partial charge in [-0.15, -0.1) is 0 Å². The molecule has 0 atom stereocenters. The summed E-state index contributed by atoms with van der Waals surface area (Å²) in [6.45, 7) is 34.2. The van der Waals surface area contributed by atoms with E-state index in [1.807, 2.05) is 6.07 Å². The number of rotatable bonds is 8. The average Bonchev–Trinajstić information content (AvgIpc) is 1.54. The summed E-state index contributed by atoms with van der Waals surface area (Å²) in [5.41, 5.74) is 26.8. The van der Waals surface area contributed by atoms with Crippen LogP contribution < -0.4 is 26.2 Å². The summed E-state index contributed by atoms with van der Waals surface area (Å²) < 4.78 is 48.6. The molecule has 0 fully saturated rings. The molecular weight excluding hydrogens is 1160 g/mol. The highest BCUT2D eigenvalue weighted by atomic mass is 15.2. The molecule has 1 aromatic heterocycles. The number of anilines is 6. The highest BCUT2D eigenvalue weighted by Gasteiger charge is 2.46. The molecular formula is C92H88BN3. The lowest BCUT2D eigenvalue weighted by molar-refractivity contribution is 0.569. The minimum atomic E-state index is -0.425. The summed E-state index contributed by atoms with van der Waals surface area (Å²) in [5.74, 6) is 0. The van der Waals surface area contributed by atoms with E-state index in [2.05, 4.69) is 343 Å². The van der Waals surface area contributed by atoms with Crippen LogP contribution in [0, 0.1) is 0 Å². The molecule has 0 spiro atoms. The van der Waals surface area contributed by atoms with E-state index < -0.39 is 18.2 Å². The van der Waals surface area contributed by atoms with Crippen molar-refractivity contribution in [3.05, 3.63) is 289 Å². The fourth-order valence-corrected chi connectivity index (χ4v) is 14.8. The minimum Gasteiger partial charge on any atom is -0.310 e. The lowest BCUT2D eigenvalue weighted by Gasteiger charge is -2.46. The number of hydrogen-bond donors (Lipinski definition) is 0. The fourth-order valence-electron chi connectivity index (χ4n) is 14.8. The maximum Gasteiger partial charge on any atom is 0.252 e. The Hall–Kier alpha value is -9.90. The predicted molar refractivity (Wildman–Crippen MR) is 415 cm³/mol. The van der Waals surface area contributed by atoms with Crippen LogP contribution in [-0.2, 0) is 27.1 Å². The van der Waals surface area contributed by atoms with Gasteiger partial charge in [0.2, 0.25) is 0 Å². The molecule has 4 heteroatoms.